The van der Waals surface area contributed by atoms with E-state index in [0.29, 0.717) is 11.6 Å². The van der Waals surface area contributed by atoms with Crippen LogP contribution < -0.4 is 16.0 Å². The third kappa shape index (κ3) is 3.94. The van der Waals surface area contributed by atoms with Gasteiger partial charge >= 0.3 is 0 Å². The van der Waals surface area contributed by atoms with E-state index in [1.165, 1.54) is 0 Å². The zero-order valence-electron chi connectivity index (χ0n) is 21.8. The van der Waals surface area contributed by atoms with Gasteiger partial charge in [-0.05, 0) is 87.1 Å². The number of fused-ring (bicyclic) bond motifs is 6. The molecule has 4 aliphatic heterocycles. The van der Waals surface area contributed by atoms with Crippen molar-refractivity contribution in [3.05, 3.63) is 107 Å². The molecule has 2 N–H and O–H groups in total. The van der Waals surface area contributed by atoms with Crippen LogP contribution in [0.25, 0.3) is 18.1 Å². The molecule has 0 radical (unpaired) electrons. The van der Waals surface area contributed by atoms with Crippen molar-refractivity contribution in [2.75, 3.05) is 0 Å². The maximum absolute atomic E-state index is 13.5. The molecule has 8 bridgehead atoms. The minimum absolute atomic E-state index is 0.0756. The number of H-pyrrole nitrogens is 1. The van der Waals surface area contributed by atoms with E-state index in [9.17, 15) is 4.79 Å². The van der Waals surface area contributed by atoms with Crippen LogP contribution in [0.15, 0.2) is 94.9 Å². The molecule has 192 valence electrons. The Labute approximate surface area is 224 Å². The Hall–Kier alpha value is -4.92. The molecule has 4 aliphatic rings. The summed E-state index contributed by atoms with van der Waals surface area (Å²) in [6.45, 7) is 5.83. The number of nitrogens with zero attached hydrogens (tertiary/aromatic N) is 6. The number of hydrogen-bond acceptors (Lipinski definition) is 7. The molecule has 1 fully saturated rings. The molecule has 3 aromatic rings. The molecule has 1 saturated heterocycles. The van der Waals surface area contributed by atoms with Crippen LogP contribution in [0.1, 0.15) is 25.1 Å². The van der Waals surface area contributed by atoms with Crippen LogP contribution in [0.2, 0.25) is 0 Å². The fraction of sp³-hybridized carbons (Fsp3) is 0.200. The fourth-order valence-electron chi connectivity index (χ4n) is 5.19. The van der Waals surface area contributed by atoms with Crippen LogP contribution in [0, 0.1) is 12.3 Å². The second-order valence-electron chi connectivity index (χ2n) is 10.7. The van der Waals surface area contributed by atoms with E-state index >= 15 is 0 Å². The van der Waals surface area contributed by atoms with E-state index in [0.717, 1.165) is 39.1 Å². The van der Waals surface area contributed by atoms with E-state index < -0.39 is 17.0 Å². The summed E-state index contributed by atoms with van der Waals surface area (Å²) in [5, 5.41) is 5.32. The summed E-state index contributed by atoms with van der Waals surface area (Å²) in [4.78, 5) is 40.4. The number of imidazole rings is 1. The molecule has 0 spiro atoms. The van der Waals surface area contributed by atoms with Gasteiger partial charge in [-0.2, -0.15) is 0 Å². The van der Waals surface area contributed by atoms with Crippen LogP contribution in [-0.4, -0.2) is 47.8 Å². The average molecular weight is 515 g/mol. The van der Waals surface area contributed by atoms with Gasteiger partial charge in [0.1, 0.15) is 17.9 Å². The highest BCUT2D eigenvalue weighted by Crippen LogP contribution is 2.40. The van der Waals surface area contributed by atoms with Gasteiger partial charge in [-0.15, -0.1) is 0 Å². The van der Waals surface area contributed by atoms with Crippen LogP contribution in [0.4, 0.5) is 0 Å². The third-order valence-corrected chi connectivity index (χ3v) is 7.42. The Bertz CT molecular complexity index is 1840. The van der Waals surface area contributed by atoms with Gasteiger partial charge in [0.05, 0.1) is 28.2 Å². The zero-order valence-corrected chi connectivity index (χ0v) is 21.8. The largest absolute Gasteiger partial charge is 0.375 e. The lowest BCUT2D eigenvalue weighted by Gasteiger charge is -2.23. The number of aryl methyl sites for hydroxylation is 1. The monoisotopic (exact) mass is 514 g/mol. The standard InChI is InChI=1S/C30H26N8O/c1-18-14-31-28(32-15-18)38-16-26(33-17-38)30-9-8-23(37-30)11-21-5-4-19(34-21)10-20-6-7-22(35-20)12-24-27(39)29(2,3)25(13-30)36-24/h4-17,24,34,36H,1-3H3. The molecule has 0 aliphatic carbocycles. The average Bonchev–Trinajstić information content (AvgIpc) is 3.73. The number of carbonyl (C=O) groups is 1. The molecule has 9 nitrogen and oxygen atoms in total. The smallest absolute Gasteiger partial charge is 0.234 e. The quantitative estimate of drug-likeness (QED) is 0.544. The highest BCUT2D eigenvalue weighted by Gasteiger charge is 2.46. The molecule has 3 aromatic heterocycles. The number of carbonyl (C=O) groups excluding carboxylic acids is 1. The molecule has 9 heteroatoms. The Kier molecular flexibility index (Phi) is 4.94. The molecule has 2 atom stereocenters. The van der Waals surface area contributed by atoms with Crippen LogP contribution in [-0.2, 0) is 10.3 Å². The Morgan fingerprint density at radius 2 is 1.74 bits per heavy atom. The van der Waals surface area contributed by atoms with Crippen LogP contribution in [0.3, 0.4) is 0 Å². The van der Waals surface area contributed by atoms with Gasteiger partial charge in [-0.25, -0.2) is 19.9 Å². The van der Waals surface area contributed by atoms with Crippen molar-refractivity contribution in [2.24, 2.45) is 15.4 Å². The number of aliphatic imine (C=N–C) groups is 2. The summed E-state index contributed by atoms with van der Waals surface area (Å²) in [6, 6.07) is 3.52. The third-order valence-electron chi connectivity index (χ3n) is 7.42. The van der Waals surface area contributed by atoms with E-state index in [1.807, 2.05) is 87.7 Å². The van der Waals surface area contributed by atoms with Crippen molar-refractivity contribution in [3.8, 4) is 5.95 Å². The topological polar surface area (TPSA) is 113 Å². The highest BCUT2D eigenvalue weighted by atomic mass is 16.1. The van der Waals surface area contributed by atoms with Gasteiger partial charge in [-0.3, -0.25) is 14.4 Å². The SMILES string of the molecule is Cc1cnc(-n2cnc(C34C=CC(=N3)C=c3ccc([nH]3)=CC3=NC(=CC5NC(=C4)C(C)(C)C5=O)C=C3)c2)nc1. The number of hydrogen-bond donors (Lipinski definition) is 2. The first-order valence-corrected chi connectivity index (χ1v) is 12.8. The summed E-state index contributed by atoms with van der Waals surface area (Å²) >= 11 is 0. The molecule has 7 rings (SSSR count). The van der Waals surface area contributed by atoms with Gasteiger partial charge in [0.15, 0.2) is 5.78 Å². The van der Waals surface area contributed by atoms with Crippen molar-refractivity contribution in [3.63, 3.8) is 0 Å². The lowest BCUT2D eigenvalue weighted by Crippen LogP contribution is -2.27. The van der Waals surface area contributed by atoms with Gasteiger partial charge in [0, 0.05) is 35.0 Å². The molecule has 2 unspecified atom stereocenters. The van der Waals surface area contributed by atoms with Gasteiger partial charge in [-0.1, -0.05) is 0 Å². The van der Waals surface area contributed by atoms with Crippen molar-refractivity contribution in [2.45, 2.75) is 32.4 Å². The van der Waals surface area contributed by atoms with E-state index in [2.05, 4.69) is 20.3 Å². The predicted molar refractivity (Wildman–Crippen MR) is 150 cm³/mol. The molecular formula is C30H26N8O. The first kappa shape index (κ1) is 23.2. The first-order chi connectivity index (χ1) is 18.8. The number of ketones is 1. The number of rotatable bonds is 2. The highest BCUT2D eigenvalue weighted by molar-refractivity contribution is 6.20. The number of allylic oxidation sites excluding steroid dienone is 4. The first-order valence-electron chi connectivity index (χ1n) is 12.8. The molecule has 39 heavy (non-hydrogen) atoms. The number of nitrogens with one attached hydrogen (secondary N) is 2. The second-order valence-corrected chi connectivity index (χ2v) is 10.7. The summed E-state index contributed by atoms with van der Waals surface area (Å²) in [5.74, 6) is 0.599. The minimum atomic E-state index is -0.930. The number of aromatic nitrogens is 5. The summed E-state index contributed by atoms with van der Waals surface area (Å²) in [7, 11) is 0. The zero-order chi connectivity index (χ0) is 26.8. The molecule has 7 heterocycles. The van der Waals surface area contributed by atoms with E-state index in [4.69, 9.17) is 15.0 Å². The second kappa shape index (κ2) is 8.29. The summed E-state index contributed by atoms with van der Waals surface area (Å²) in [5.41, 5.74) is 3.14. The molecule has 0 amide bonds. The lowest BCUT2D eigenvalue weighted by molar-refractivity contribution is -0.123. The van der Waals surface area contributed by atoms with Crippen molar-refractivity contribution in [1.82, 2.24) is 29.8 Å². The van der Waals surface area contributed by atoms with Crippen molar-refractivity contribution >= 4 is 29.4 Å². The maximum Gasteiger partial charge on any atom is 0.234 e. The number of aromatic amines is 1. The van der Waals surface area contributed by atoms with Crippen molar-refractivity contribution in [1.29, 1.82) is 0 Å². The molecular weight excluding hydrogens is 488 g/mol. The van der Waals surface area contributed by atoms with Gasteiger partial charge in [0.25, 0.3) is 0 Å². The fourth-order valence-corrected chi connectivity index (χ4v) is 5.19. The summed E-state index contributed by atoms with van der Waals surface area (Å²) in [6.07, 6.45) is 22.9. The van der Waals surface area contributed by atoms with Crippen LogP contribution in [0.5, 0.6) is 0 Å². The number of Topliss-reactive ketones (excluding diaryl/α,β-unsaturated/α-hetero) is 1. The Balaban J connectivity index is 1.42. The van der Waals surface area contributed by atoms with E-state index in [1.54, 1.807) is 23.3 Å². The Morgan fingerprint density at radius 1 is 0.974 bits per heavy atom. The van der Waals surface area contributed by atoms with Gasteiger partial charge in [0.2, 0.25) is 5.95 Å². The molecule has 0 aromatic carbocycles. The minimum Gasteiger partial charge on any atom is -0.375 e. The normalized spacial score (nSPS) is 24.4. The lowest BCUT2D eigenvalue weighted by atomic mass is 9.83. The maximum atomic E-state index is 13.5. The van der Waals surface area contributed by atoms with Crippen LogP contribution >= 0.6 is 0 Å². The van der Waals surface area contributed by atoms with Crippen molar-refractivity contribution < 1.29 is 4.79 Å². The predicted octanol–water partition coefficient (Wildman–Crippen LogP) is 2.13. The molecule has 0 saturated carbocycles. The summed E-state index contributed by atoms with van der Waals surface area (Å²) < 4.78 is 1.78. The van der Waals surface area contributed by atoms with Gasteiger partial charge < -0.3 is 10.3 Å². The Morgan fingerprint density at radius 3 is 2.54 bits per heavy atom. The van der Waals surface area contributed by atoms with E-state index in [-0.39, 0.29) is 5.78 Å².